The summed E-state index contributed by atoms with van der Waals surface area (Å²) in [5, 5.41) is 17.8. The van der Waals surface area contributed by atoms with Crippen molar-refractivity contribution in [3.8, 4) is 0 Å². The molecule has 8 heteroatoms. The van der Waals surface area contributed by atoms with Crippen LogP contribution >= 0.6 is 0 Å². The molecule has 0 bridgehead atoms. The second kappa shape index (κ2) is 9.19. The van der Waals surface area contributed by atoms with E-state index in [2.05, 4.69) is 40.4 Å². The summed E-state index contributed by atoms with van der Waals surface area (Å²) < 4.78 is 5.75. The van der Waals surface area contributed by atoms with Crippen LogP contribution in [0.25, 0.3) is 0 Å². The van der Waals surface area contributed by atoms with Gasteiger partial charge >= 0.3 is 5.69 Å². The molecule has 0 radical (unpaired) electrons. The maximum atomic E-state index is 11.4. The van der Waals surface area contributed by atoms with Crippen molar-refractivity contribution in [1.82, 2.24) is 9.88 Å². The first-order valence-corrected chi connectivity index (χ1v) is 9.92. The monoisotopic (exact) mass is 399 g/mol. The van der Waals surface area contributed by atoms with Crippen molar-refractivity contribution in [2.75, 3.05) is 36.8 Å². The minimum Gasteiger partial charge on any atom is -0.373 e. The number of hydrogen-bond donors (Lipinski definition) is 2. The van der Waals surface area contributed by atoms with Crippen LogP contribution in [0.2, 0.25) is 0 Å². The maximum Gasteiger partial charge on any atom is 0.311 e. The average molecular weight is 399 g/mol. The van der Waals surface area contributed by atoms with E-state index in [1.165, 1.54) is 6.07 Å². The molecular weight excluding hydrogens is 370 g/mol. The van der Waals surface area contributed by atoms with Gasteiger partial charge in [-0.1, -0.05) is 6.07 Å². The summed E-state index contributed by atoms with van der Waals surface area (Å²) in [6, 6.07) is 9.24. The van der Waals surface area contributed by atoms with Crippen molar-refractivity contribution in [2.24, 2.45) is 0 Å². The Kier molecular flexibility index (Phi) is 6.66. The van der Waals surface area contributed by atoms with Crippen LogP contribution < -0.4 is 10.6 Å². The molecule has 2 N–H and O–H groups in total. The lowest BCUT2D eigenvalue weighted by molar-refractivity contribution is -0.384. The van der Waals surface area contributed by atoms with Crippen LogP contribution in [-0.4, -0.2) is 53.2 Å². The number of aryl methyl sites for hydroxylation is 2. The Morgan fingerprint density at radius 2 is 1.83 bits per heavy atom. The molecule has 2 aromatic rings. The van der Waals surface area contributed by atoms with E-state index in [1.807, 2.05) is 26.0 Å². The van der Waals surface area contributed by atoms with Crippen LogP contribution in [0.3, 0.4) is 0 Å². The van der Waals surface area contributed by atoms with E-state index in [1.54, 1.807) is 6.07 Å². The molecule has 2 atom stereocenters. The van der Waals surface area contributed by atoms with Gasteiger partial charge in [0.25, 0.3) is 0 Å². The molecule has 1 aromatic carbocycles. The number of nitrogens with one attached hydrogen (secondary N) is 2. The number of rotatable bonds is 7. The third-order valence-electron chi connectivity index (χ3n) is 4.78. The Labute approximate surface area is 171 Å². The predicted molar refractivity (Wildman–Crippen MR) is 115 cm³/mol. The Balaban J connectivity index is 1.69. The summed E-state index contributed by atoms with van der Waals surface area (Å²) in [6.07, 6.45) is 0.382. The fraction of sp³-hybridized carbons (Fsp3) is 0.476. The van der Waals surface area contributed by atoms with Gasteiger partial charge in [0.2, 0.25) is 5.82 Å². The van der Waals surface area contributed by atoms with E-state index in [0.717, 1.165) is 36.4 Å². The van der Waals surface area contributed by atoms with Gasteiger partial charge in [0.15, 0.2) is 0 Å². The minimum atomic E-state index is -0.408. The zero-order valence-corrected chi connectivity index (χ0v) is 17.4. The van der Waals surface area contributed by atoms with E-state index in [4.69, 9.17) is 4.74 Å². The zero-order chi connectivity index (χ0) is 21.0. The number of nitro groups is 1. The third kappa shape index (κ3) is 5.88. The number of morpholine rings is 1. The number of benzene rings is 1. The topological polar surface area (TPSA) is 92.6 Å². The highest BCUT2D eigenvalue weighted by atomic mass is 16.6. The SMILES string of the molecule is Cc1cc(C)cc(Nc2ccc([N+](=O)[O-])c(NCCN3CC(C)OC(C)C3)n2)c1. The van der Waals surface area contributed by atoms with Gasteiger partial charge in [-0.25, -0.2) is 4.98 Å². The molecule has 0 spiro atoms. The Morgan fingerprint density at radius 1 is 1.17 bits per heavy atom. The molecule has 8 nitrogen and oxygen atoms in total. The van der Waals surface area contributed by atoms with Crippen LogP contribution in [0, 0.1) is 24.0 Å². The highest BCUT2D eigenvalue weighted by Gasteiger charge is 2.22. The largest absolute Gasteiger partial charge is 0.373 e. The van der Waals surface area contributed by atoms with E-state index in [-0.39, 0.29) is 23.7 Å². The smallest absolute Gasteiger partial charge is 0.311 e. The van der Waals surface area contributed by atoms with Crippen molar-refractivity contribution < 1.29 is 9.66 Å². The van der Waals surface area contributed by atoms with Gasteiger partial charge in [-0.05, 0) is 57.0 Å². The Bertz CT molecular complexity index is 843. The second-order valence-electron chi connectivity index (χ2n) is 7.77. The highest BCUT2D eigenvalue weighted by Crippen LogP contribution is 2.26. The van der Waals surface area contributed by atoms with Crippen molar-refractivity contribution in [1.29, 1.82) is 0 Å². The molecule has 29 heavy (non-hydrogen) atoms. The van der Waals surface area contributed by atoms with Gasteiger partial charge in [0.05, 0.1) is 17.1 Å². The number of aromatic nitrogens is 1. The molecule has 0 saturated carbocycles. The lowest BCUT2D eigenvalue weighted by atomic mass is 10.1. The lowest BCUT2D eigenvalue weighted by Gasteiger charge is -2.35. The van der Waals surface area contributed by atoms with Gasteiger partial charge < -0.3 is 15.4 Å². The summed E-state index contributed by atoms with van der Waals surface area (Å²) in [6.45, 7) is 11.2. The van der Waals surface area contributed by atoms with Gasteiger partial charge in [-0.15, -0.1) is 0 Å². The third-order valence-corrected chi connectivity index (χ3v) is 4.78. The van der Waals surface area contributed by atoms with E-state index < -0.39 is 4.92 Å². The number of hydrogen-bond acceptors (Lipinski definition) is 7. The summed E-state index contributed by atoms with van der Waals surface area (Å²) >= 11 is 0. The summed E-state index contributed by atoms with van der Waals surface area (Å²) in [4.78, 5) is 17.8. The summed E-state index contributed by atoms with van der Waals surface area (Å²) in [5.41, 5.74) is 3.16. The van der Waals surface area contributed by atoms with E-state index in [0.29, 0.717) is 12.4 Å². The fourth-order valence-corrected chi connectivity index (χ4v) is 3.79. The highest BCUT2D eigenvalue weighted by molar-refractivity contribution is 5.65. The van der Waals surface area contributed by atoms with Crippen LogP contribution in [0.5, 0.6) is 0 Å². The second-order valence-corrected chi connectivity index (χ2v) is 7.77. The molecule has 2 unspecified atom stereocenters. The molecule has 1 aliphatic heterocycles. The molecule has 156 valence electrons. The number of nitrogens with zero attached hydrogens (tertiary/aromatic N) is 3. The lowest BCUT2D eigenvalue weighted by Crippen LogP contribution is -2.46. The van der Waals surface area contributed by atoms with Crippen LogP contribution in [0.15, 0.2) is 30.3 Å². The van der Waals surface area contributed by atoms with Gasteiger partial charge in [-0.2, -0.15) is 0 Å². The minimum absolute atomic E-state index is 0.0281. The van der Waals surface area contributed by atoms with Gasteiger partial charge in [0, 0.05) is 37.9 Å². The molecule has 1 aromatic heterocycles. The first-order chi connectivity index (χ1) is 13.8. The molecule has 1 saturated heterocycles. The Morgan fingerprint density at radius 3 is 2.45 bits per heavy atom. The molecular formula is C21H29N5O3. The molecule has 0 aliphatic carbocycles. The number of anilines is 3. The summed E-state index contributed by atoms with van der Waals surface area (Å²) in [5.74, 6) is 0.843. The average Bonchev–Trinajstić information content (AvgIpc) is 2.60. The normalized spacial score (nSPS) is 19.7. The van der Waals surface area contributed by atoms with Crippen molar-refractivity contribution in [2.45, 2.75) is 39.9 Å². The first-order valence-electron chi connectivity index (χ1n) is 9.92. The van der Waals surface area contributed by atoms with Gasteiger partial charge in [0.1, 0.15) is 5.82 Å². The van der Waals surface area contributed by atoms with Gasteiger partial charge in [-0.3, -0.25) is 15.0 Å². The molecule has 0 amide bonds. The fourth-order valence-electron chi connectivity index (χ4n) is 3.79. The van der Waals surface area contributed by atoms with Crippen molar-refractivity contribution >= 4 is 23.0 Å². The van der Waals surface area contributed by atoms with E-state index in [9.17, 15) is 10.1 Å². The standard InChI is InChI=1S/C21H29N5O3/c1-14-9-15(2)11-18(10-14)23-20-6-5-19(26(27)28)21(24-20)22-7-8-25-12-16(3)29-17(4)13-25/h5-6,9-11,16-17H,7-8,12-13H2,1-4H3,(H2,22,23,24). The van der Waals surface area contributed by atoms with Crippen LogP contribution in [0.1, 0.15) is 25.0 Å². The summed E-state index contributed by atoms with van der Waals surface area (Å²) in [7, 11) is 0. The quantitative estimate of drug-likeness (QED) is 0.539. The van der Waals surface area contributed by atoms with Crippen LogP contribution in [-0.2, 0) is 4.74 Å². The molecule has 1 fully saturated rings. The molecule has 1 aliphatic rings. The van der Waals surface area contributed by atoms with Crippen molar-refractivity contribution in [3.05, 3.63) is 51.6 Å². The molecule has 2 heterocycles. The molecule has 3 rings (SSSR count). The Hall–Kier alpha value is -2.71. The first kappa shape index (κ1) is 21.0. The van der Waals surface area contributed by atoms with Crippen LogP contribution in [0.4, 0.5) is 23.0 Å². The zero-order valence-electron chi connectivity index (χ0n) is 17.4. The van der Waals surface area contributed by atoms with Crippen molar-refractivity contribution in [3.63, 3.8) is 0 Å². The predicted octanol–water partition coefficient (Wildman–Crippen LogP) is 3.87. The van der Waals surface area contributed by atoms with E-state index >= 15 is 0 Å². The maximum absolute atomic E-state index is 11.4. The number of pyridine rings is 1. The number of ether oxygens (including phenoxy) is 1.